The predicted molar refractivity (Wildman–Crippen MR) is 96.3 cm³/mol. The third-order valence-electron chi connectivity index (χ3n) is 9.24. The van der Waals surface area contributed by atoms with Crippen LogP contribution < -0.4 is 0 Å². The van der Waals surface area contributed by atoms with Gasteiger partial charge in [0.1, 0.15) is 6.10 Å². The number of hydrogen-bond donors (Lipinski definition) is 0. The molecule has 0 radical (unpaired) electrons. The Bertz CT molecular complexity index is 664. The first kappa shape index (κ1) is 17.8. The summed E-state index contributed by atoms with van der Waals surface area (Å²) >= 11 is 0. The maximum atomic E-state index is 10.8. The Morgan fingerprint density at radius 2 is 1.69 bits per heavy atom. The minimum absolute atomic E-state index is 0.0322. The Kier molecular flexibility index (Phi) is 4.30. The number of carbonyl (C=O) groups excluding carboxylic acids is 1. The zero-order valence-corrected chi connectivity index (χ0v) is 16.0. The van der Waals surface area contributed by atoms with E-state index in [2.05, 4.69) is 26.0 Å². The Morgan fingerprint density at radius 1 is 0.962 bits per heavy atom. The van der Waals surface area contributed by atoms with Gasteiger partial charge in [0.25, 0.3) is 6.47 Å². The van der Waals surface area contributed by atoms with Crippen LogP contribution >= 0.6 is 0 Å². The molecular formula is C22H30N2O2. The van der Waals surface area contributed by atoms with Gasteiger partial charge in [-0.1, -0.05) is 13.8 Å². The third-order valence-corrected chi connectivity index (χ3v) is 9.24. The molecule has 0 spiro atoms. The molecule has 0 amide bonds. The zero-order chi connectivity index (χ0) is 18.5. The molecule has 9 unspecified atom stereocenters. The normalized spacial score (nSPS) is 52.5. The van der Waals surface area contributed by atoms with Gasteiger partial charge in [-0.3, -0.25) is 4.79 Å². The Hall–Kier alpha value is -1.55. The number of carbonyl (C=O) groups is 1. The average molecular weight is 354 g/mol. The van der Waals surface area contributed by atoms with Crippen LogP contribution in [0.4, 0.5) is 0 Å². The van der Waals surface area contributed by atoms with Crippen LogP contribution in [0.15, 0.2) is 0 Å². The molecule has 0 aliphatic heterocycles. The number of nitrogens with zero attached hydrogens (tertiary/aromatic N) is 2. The summed E-state index contributed by atoms with van der Waals surface area (Å²) in [6.45, 7) is 5.36. The van der Waals surface area contributed by atoms with Gasteiger partial charge in [-0.05, 0) is 85.9 Å². The van der Waals surface area contributed by atoms with Crippen LogP contribution in [0.25, 0.3) is 0 Å². The topological polar surface area (TPSA) is 73.9 Å². The largest absolute Gasteiger partial charge is 0.465 e. The Labute approximate surface area is 156 Å². The number of rotatable bonds is 2. The fourth-order valence-electron chi connectivity index (χ4n) is 7.78. The molecule has 140 valence electrons. The summed E-state index contributed by atoms with van der Waals surface area (Å²) in [4.78, 5) is 10.8. The van der Waals surface area contributed by atoms with E-state index in [1.807, 2.05) is 0 Å². The summed E-state index contributed by atoms with van der Waals surface area (Å²) in [6, 6.07) is 5.25. The molecule has 4 fully saturated rings. The fraction of sp³-hybridized carbons (Fsp3) is 0.864. The molecule has 0 heterocycles. The molecule has 26 heavy (non-hydrogen) atoms. The Morgan fingerprint density at radius 3 is 2.38 bits per heavy atom. The quantitative estimate of drug-likeness (QED) is 0.686. The van der Waals surface area contributed by atoms with E-state index in [0.717, 1.165) is 51.4 Å². The van der Waals surface area contributed by atoms with Crippen molar-refractivity contribution in [2.75, 3.05) is 0 Å². The van der Waals surface area contributed by atoms with Crippen LogP contribution in [-0.4, -0.2) is 12.6 Å². The molecule has 4 aliphatic rings. The first-order valence-corrected chi connectivity index (χ1v) is 10.4. The SMILES string of the molecule is CC12CCC3C(C(C#N)CC4CC(OC=O)CCC43C)C1CCC2C#N. The molecule has 0 bridgehead atoms. The monoisotopic (exact) mass is 354 g/mol. The summed E-state index contributed by atoms with van der Waals surface area (Å²) in [5, 5.41) is 19.6. The maximum Gasteiger partial charge on any atom is 0.293 e. The summed E-state index contributed by atoms with van der Waals surface area (Å²) in [7, 11) is 0. The number of fused-ring (bicyclic) bond motifs is 5. The van der Waals surface area contributed by atoms with E-state index >= 15 is 0 Å². The second-order valence-corrected chi connectivity index (χ2v) is 9.90. The summed E-state index contributed by atoms with van der Waals surface area (Å²) in [5.74, 6) is 2.28. The fourth-order valence-corrected chi connectivity index (χ4v) is 7.78. The summed E-state index contributed by atoms with van der Waals surface area (Å²) in [6.07, 6.45) is 8.35. The smallest absolute Gasteiger partial charge is 0.293 e. The maximum absolute atomic E-state index is 10.8. The van der Waals surface area contributed by atoms with E-state index in [4.69, 9.17) is 4.74 Å². The van der Waals surface area contributed by atoms with Crippen molar-refractivity contribution in [2.24, 2.45) is 46.3 Å². The molecular weight excluding hydrogens is 324 g/mol. The predicted octanol–water partition coefficient (Wildman–Crippen LogP) is 4.46. The van der Waals surface area contributed by atoms with Crippen LogP contribution in [0.3, 0.4) is 0 Å². The van der Waals surface area contributed by atoms with Crippen molar-refractivity contribution in [3.05, 3.63) is 0 Å². The minimum Gasteiger partial charge on any atom is -0.465 e. The van der Waals surface area contributed by atoms with E-state index in [1.165, 1.54) is 0 Å². The molecule has 4 aliphatic carbocycles. The van der Waals surface area contributed by atoms with E-state index in [0.29, 0.717) is 30.1 Å². The summed E-state index contributed by atoms with van der Waals surface area (Å²) < 4.78 is 5.30. The number of hydrogen-bond acceptors (Lipinski definition) is 4. The van der Waals surface area contributed by atoms with Gasteiger partial charge >= 0.3 is 0 Å². The first-order chi connectivity index (χ1) is 12.5. The molecule has 4 rings (SSSR count). The highest BCUT2D eigenvalue weighted by Crippen LogP contribution is 2.68. The standard InChI is InChI=1S/C22H30N2O2/c1-21-8-6-19-20(18(21)4-3-15(21)12-24)14(11-23)9-16-10-17(26-13-25)5-7-22(16,19)2/h13-20H,3-10H2,1-2H3. The van der Waals surface area contributed by atoms with Crippen LogP contribution in [0.2, 0.25) is 0 Å². The van der Waals surface area contributed by atoms with Crippen molar-refractivity contribution in [1.29, 1.82) is 10.5 Å². The lowest BCUT2D eigenvalue weighted by Crippen LogP contribution is -2.56. The van der Waals surface area contributed by atoms with Crippen molar-refractivity contribution in [1.82, 2.24) is 0 Å². The van der Waals surface area contributed by atoms with Gasteiger partial charge < -0.3 is 4.74 Å². The van der Waals surface area contributed by atoms with Gasteiger partial charge in [0, 0.05) is 5.92 Å². The van der Waals surface area contributed by atoms with Crippen molar-refractivity contribution in [3.63, 3.8) is 0 Å². The molecule has 0 aromatic heterocycles. The van der Waals surface area contributed by atoms with Gasteiger partial charge in [0.05, 0.1) is 18.1 Å². The molecule has 4 nitrogen and oxygen atoms in total. The van der Waals surface area contributed by atoms with Gasteiger partial charge in [-0.25, -0.2) is 0 Å². The van der Waals surface area contributed by atoms with Crippen molar-refractivity contribution in [3.8, 4) is 12.1 Å². The Balaban J connectivity index is 1.65. The lowest BCUT2D eigenvalue weighted by molar-refractivity contribution is -0.155. The molecule has 0 aromatic carbocycles. The second kappa shape index (κ2) is 6.26. The van der Waals surface area contributed by atoms with Crippen LogP contribution in [0.5, 0.6) is 0 Å². The highest BCUT2D eigenvalue weighted by Gasteiger charge is 2.63. The lowest BCUT2D eigenvalue weighted by Gasteiger charge is -2.61. The third kappa shape index (κ3) is 2.34. The molecule has 9 atom stereocenters. The van der Waals surface area contributed by atoms with Crippen LogP contribution in [0.1, 0.15) is 65.2 Å². The molecule has 0 saturated heterocycles. The van der Waals surface area contributed by atoms with Crippen molar-refractivity contribution >= 4 is 6.47 Å². The first-order valence-electron chi connectivity index (χ1n) is 10.4. The average Bonchev–Trinajstić information content (AvgIpc) is 2.98. The van der Waals surface area contributed by atoms with Gasteiger partial charge in [0.2, 0.25) is 0 Å². The van der Waals surface area contributed by atoms with E-state index in [-0.39, 0.29) is 28.8 Å². The van der Waals surface area contributed by atoms with Gasteiger partial charge in [-0.15, -0.1) is 0 Å². The zero-order valence-electron chi connectivity index (χ0n) is 16.0. The summed E-state index contributed by atoms with van der Waals surface area (Å²) in [5.41, 5.74) is 0.360. The van der Waals surface area contributed by atoms with Gasteiger partial charge in [-0.2, -0.15) is 10.5 Å². The van der Waals surface area contributed by atoms with Crippen molar-refractivity contribution in [2.45, 2.75) is 71.3 Å². The van der Waals surface area contributed by atoms with Crippen LogP contribution in [-0.2, 0) is 9.53 Å². The molecule has 0 N–H and O–H groups in total. The van der Waals surface area contributed by atoms with Crippen molar-refractivity contribution < 1.29 is 9.53 Å². The van der Waals surface area contributed by atoms with E-state index in [9.17, 15) is 15.3 Å². The van der Waals surface area contributed by atoms with Gasteiger partial charge in [0.15, 0.2) is 0 Å². The molecule has 0 aromatic rings. The molecule has 4 heteroatoms. The number of ether oxygens (including phenoxy) is 1. The van der Waals surface area contributed by atoms with E-state index < -0.39 is 0 Å². The second-order valence-electron chi connectivity index (χ2n) is 9.90. The highest BCUT2D eigenvalue weighted by molar-refractivity contribution is 5.37. The number of nitriles is 2. The molecule has 4 saturated carbocycles. The highest BCUT2D eigenvalue weighted by atomic mass is 16.5. The van der Waals surface area contributed by atoms with Crippen LogP contribution in [0, 0.1) is 69.0 Å². The minimum atomic E-state index is 0.0322. The lowest BCUT2D eigenvalue weighted by atomic mass is 9.42. The van der Waals surface area contributed by atoms with E-state index in [1.54, 1.807) is 0 Å².